The summed E-state index contributed by atoms with van der Waals surface area (Å²) in [5.41, 5.74) is 2.48. The van der Waals surface area contributed by atoms with Crippen LogP contribution in [0.15, 0.2) is 53.1 Å². The van der Waals surface area contributed by atoms with Gasteiger partial charge in [-0.25, -0.2) is 4.98 Å². The zero-order chi connectivity index (χ0) is 17.1. The lowest BCUT2D eigenvalue weighted by Gasteiger charge is -2.21. The zero-order valence-corrected chi connectivity index (χ0v) is 15.2. The second kappa shape index (κ2) is 7.27. The molecule has 1 aliphatic rings. The third-order valence-corrected chi connectivity index (χ3v) is 5.51. The molecule has 2 aromatic heterocycles. The first-order valence-corrected chi connectivity index (χ1v) is 9.60. The number of thiazole rings is 1. The Labute approximate surface area is 152 Å². The molecule has 25 heavy (non-hydrogen) atoms. The highest BCUT2D eigenvalue weighted by Gasteiger charge is 2.25. The predicted octanol–water partition coefficient (Wildman–Crippen LogP) is 3.04. The lowest BCUT2D eigenvalue weighted by Crippen LogP contribution is -2.39. The van der Waals surface area contributed by atoms with Crippen molar-refractivity contribution in [3.8, 4) is 0 Å². The van der Waals surface area contributed by atoms with Crippen molar-refractivity contribution in [3.63, 3.8) is 0 Å². The molecule has 1 N–H and O–H groups in total. The fourth-order valence-corrected chi connectivity index (χ4v) is 4.22. The summed E-state index contributed by atoms with van der Waals surface area (Å²) in [6.45, 7) is 2.84. The van der Waals surface area contributed by atoms with Crippen molar-refractivity contribution >= 4 is 22.3 Å². The monoisotopic (exact) mass is 353 g/mol. The maximum Gasteiger partial charge on any atom is 0.193 e. The largest absolute Gasteiger partial charge is 0.351 e. The number of fused-ring (bicyclic) bond motifs is 1. The van der Waals surface area contributed by atoms with E-state index in [1.807, 2.05) is 13.2 Å². The Morgan fingerprint density at radius 1 is 1.36 bits per heavy atom. The van der Waals surface area contributed by atoms with Crippen molar-refractivity contribution in [2.75, 3.05) is 20.1 Å². The highest BCUT2D eigenvalue weighted by atomic mass is 32.1. The van der Waals surface area contributed by atoms with Crippen LogP contribution in [-0.2, 0) is 13.0 Å². The Morgan fingerprint density at radius 2 is 2.24 bits per heavy atom. The first kappa shape index (κ1) is 16.1. The van der Waals surface area contributed by atoms with Gasteiger partial charge in [0.25, 0.3) is 0 Å². The maximum atomic E-state index is 4.62. The third kappa shape index (κ3) is 3.69. The second-order valence-corrected chi connectivity index (χ2v) is 7.39. The van der Waals surface area contributed by atoms with Gasteiger partial charge >= 0.3 is 0 Å². The number of aromatic nitrogens is 2. The molecule has 1 saturated heterocycles. The van der Waals surface area contributed by atoms with E-state index in [-0.39, 0.29) is 0 Å². The van der Waals surface area contributed by atoms with Gasteiger partial charge in [0.1, 0.15) is 0 Å². The fraction of sp³-hybridized carbons (Fsp3) is 0.368. The fourth-order valence-electron chi connectivity index (χ4n) is 3.50. The number of nitrogens with zero attached hydrogens (tertiary/aromatic N) is 4. The molecular formula is C19H23N5S. The average molecular weight is 353 g/mol. The molecule has 1 unspecified atom stereocenters. The topological polar surface area (TPSA) is 44.9 Å². The summed E-state index contributed by atoms with van der Waals surface area (Å²) < 4.78 is 2.07. The van der Waals surface area contributed by atoms with Crippen LogP contribution in [0.4, 0.5) is 0 Å². The van der Waals surface area contributed by atoms with E-state index in [9.17, 15) is 0 Å². The highest BCUT2D eigenvalue weighted by molar-refractivity contribution is 7.15. The molecule has 130 valence electrons. The molecule has 3 aromatic rings. The molecule has 0 spiro atoms. The van der Waals surface area contributed by atoms with Gasteiger partial charge in [-0.2, -0.15) is 0 Å². The van der Waals surface area contributed by atoms with Gasteiger partial charge in [-0.05, 0) is 24.3 Å². The number of hydrogen-bond acceptors (Lipinski definition) is 3. The van der Waals surface area contributed by atoms with Gasteiger partial charge in [0.15, 0.2) is 10.9 Å². The smallest absolute Gasteiger partial charge is 0.193 e. The van der Waals surface area contributed by atoms with E-state index in [1.165, 1.54) is 12.0 Å². The van der Waals surface area contributed by atoms with Crippen molar-refractivity contribution in [1.82, 2.24) is 19.6 Å². The lowest BCUT2D eigenvalue weighted by molar-refractivity contribution is 0.459. The van der Waals surface area contributed by atoms with Crippen molar-refractivity contribution in [3.05, 3.63) is 59.4 Å². The predicted molar refractivity (Wildman–Crippen MR) is 103 cm³/mol. The van der Waals surface area contributed by atoms with Crippen LogP contribution in [0.1, 0.15) is 17.7 Å². The maximum absolute atomic E-state index is 4.62. The van der Waals surface area contributed by atoms with E-state index in [0.29, 0.717) is 12.5 Å². The minimum Gasteiger partial charge on any atom is -0.351 e. The number of nitrogens with one attached hydrogen (secondary N) is 1. The summed E-state index contributed by atoms with van der Waals surface area (Å²) in [5, 5.41) is 5.52. The van der Waals surface area contributed by atoms with Crippen molar-refractivity contribution in [2.45, 2.75) is 19.4 Å². The van der Waals surface area contributed by atoms with E-state index in [4.69, 9.17) is 0 Å². The van der Waals surface area contributed by atoms with Gasteiger partial charge in [-0.15, -0.1) is 11.3 Å². The van der Waals surface area contributed by atoms with E-state index in [0.717, 1.165) is 36.1 Å². The molecule has 5 nitrogen and oxygen atoms in total. The van der Waals surface area contributed by atoms with E-state index < -0.39 is 0 Å². The van der Waals surface area contributed by atoms with Crippen LogP contribution in [-0.4, -0.2) is 40.4 Å². The SMILES string of the molecule is CN=C(NCc1cn2ccsc2n1)N1CCC(Cc2ccccc2)C1. The Balaban J connectivity index is 1.33. The van der Waals surface area contributed by atoms with Crippen LogP contribution in [0.5, 0.6) is 0 Å². The summed E-state index contributed by atoms with van der Waals surface area (Å²) in [7, 11) is 1.86. The number of likely N-dealkylation sites (tertiary alicyclic amines) is 1. The number of aliphatic imine (C=N–C) groups is 1. The average Bonchev–Trinajstić information content (AvgIpc) is 3.33. The van der Waals surface area contributed by atoms with Crippen LogP contribution in [0.2, 0.25) is 0 Å². The molecule has 0 bridgehead atoms. The zero-order valence-electron chi connectivity index (χ0n) is 14.4. The molecule has 1 aromatic carbocycles. The second-order valence-electron chi connectivity index (χ2n) is 6.52. The van der Waals surface area contributed by atoms with Crippen LogP contribution < -0.4 is 5.32 Å². The van der Waals surface area contributed by atoms with Crippen LogP contribution in [0, 0.1) is 5.92 Å². The number of benzene rings is 1. The molecule has 6 heteroatoms. The quantitative estimate of drug-likeness (QED) is 0.579. The lowest BCUT2D eigenvalue weighted by atomic mass is 9.99. The van der Waals surface area contributed by atoms with Crippen molar-refractivity contribution in [1.29, 1.82) is 0 Å². The normalized spacial score (nSPS) is 18.2. The van der Waals surface area contributed by atoms with Crippen LogP contribution in [0.3, 0.4) is 0 Å². The molecule has 4 rings (SSSR count). The summed E-state index contributed by atoms with van der Waals surface area (Å²) in [6, 6.07) is 10.8. The van der Waals surface area contributed by atoms with Crippen LogP contribution in [0.25, 0.3) is 4.96 Å². The number of rotatable bonds is 4. The molecule has 1 atom stereocenters. The molecule has 0 radical (unpaired) electrons. The first-order chi connectivity index (χ1) is 12.3. The minimum absolute atomic E-state index is 0.693. The van der Waals surface area contributed by atoms with E-state index >= 15 is 0 Å². The van der Waals surface area contributed by atoms with Crippen molar-refractivity contribution < 1.29 is 0 Å². The molecule has 1 aliphatic heterocycles. The van der Waals surface area contributed by atoms with Gasteiger partial charge in [0.2, 0.25) is 0 Å². The van der Waals surface area contributed by atoms with Gasteiger partial charge in [0.05, 0.1) is 12.2 Å². The number of guanidine groups is 1. The van der Waals surface area contributed by atoms with E-state index in [1.54, 1.807) is 11.3 Å². The summed E-state index contributed by atoms with van der Waals surface area (Å²) in [5.74, 6) is 1.67. The molecule has 1 fully saturated rings. The van der Waals surface area contributed by atoms with Gasteiger partial charge in [0, 0.05) is 37.9 Å². The Bertz CT molecular complexity index is 822. The van der Waals surface area contributed by atoms with Gasteiger partial charge in [-0.1, -0.05) is 30.3 Å². The summed E-state index contributed by atoms with van der Waals surface area (Å²) in [4.78, 5) is 12.5. The summed E-state index contributed by atoms with van der Waals surface area (Å²) >= 11 is 1.66. The van der Waals surface area contributed by atoms with Gasteiger partial charge in [-0.3, -0.25) is 9.39 Å². The van der Waals surface area contributed by atoms with Crippen molar-refractivity contribution in [2.24, 2.45) is 10.9 Å². The molecule has 0 saturated carbocycles. The third-order valence-electron chi connectivity index (χ3n) is 4.74. The molecular weight excluding hydrogens is 330 g/mol. The Kier molecular flexibility index (Phi) is 4.70. The molecule has 3 heterocycles. The van der Waals surface area contributed by atoms with Crippen LogP contribution >= 0.6 is 11.3 Å². The van der Waals surface area contributed by atoms with E-state index in [2.05, 4.69) is 66.5 Å². The first-order valence-electron chi connectivity index (χ1n) is 8.72. The molecule has 0 amide bonds. The summed E-state index contributed by atoms with van der Waals surface area (Å²) in [6.07, 6.45) is 6.48. The minimum atomic E-state index is 0.693. The van der Waals surface area contributed by atoms with Gasteiger partial charge < -0.3 is 10.2 Å². The Morgan fingerprint density at radius 3 is 3.04 bits per heavy atom. The standard InChI is InChI=1S/C19H23N5S/c1-20-18(21-12-17-14-24-9-10-25-19(24)22-17)23-8-7-16(13-23)11-15-5-3-2-4-6-15/h2-6,9-10,14,16H,7-8,11-13H2,1H3,(H,20,21). The molecule has 0 aliphatic carbocycles. The Hall–Kier alpha value is -2.34. The number of imidazole rings is 1. The highest BCUT2D eigenvalue weighted by Crippen LogP contribution is 2.21. The number of hydrogen-bond donors (Lipinski definition) is 1.